The fourth-order valence-corrected chi connectivity index (χ4v) is 2.70. The molecule has 1 aliphatic rings. The van der Waals surface area contributed by atoms with Crippen LogP contribution in [0, 0.1) is 11.3 Å². The maximum Gasteiger partial charge on any atom is 0.414 e. The van der Waals surface area contributed by atoms with Crippen molar-refractivity contribution >= 4 is 23.5 Å². The Morgan fingerprint density at radius 2 is 2.07 bits per heavy atom. The first kappa shape index (κ1) is 18.1. The van der Waals surface area contributed by atoms with Gasteiger partial charge in [-0.25, -0.2) is 9.59 Å². The predicted molar refractivity (Wildman–Crippen MR) is 100.0 cm³/mol. The van der Waals surface area contributed by atoms with Crippen LogP contribution in [0.5, 0.6) is 0 Å². The van der Waals surface area contributed by atoms with E-state index in [4.69, 9.17) is 10.00 Å². The zero-order valence-electron chi connectivity index (χ0n) is 14.7. The van der Waals surface area contributed by atoms with E-state index >= 15 is 0 Å². The number of hydrogen-bond acceptors (Lipinski definition) is 5. The quantitative estimate of drug-likeness (QED) is 0.707. The lowest BCUT2D eigenvalue weighted by atomic mass is 10.1. The second-order valence-electron chi connectivity index (χ2n) is 6.00. The second-order valence-corrected chi connectivity index (χ2v) is 6.00. The van der Waals surface area contributed by atoms with Crippen LogP contribution in [0.15, 0.2) is 48.5 Å². The lowest BCUT2D eigenvalue weighted by molar-refractivity contribution is 0.181. The van der Waals surface area contributed by atoms with Gasteiger partial charge in [0.25, 0.3) is 0 Å². The van der Waals surface area contributed by atoms with E-state index in [1.165, 1.54) is 0 Å². The van der Waals surface area contributed by atoms with Crippen LogP contribution >= 0.6 is 0 Å². The molecule has 3 rings (SSSR count). The number of nitriles is 1. The molecule has 1 heterocycles. The highest BCUT2D eigenvalue weighted by Crippen LogP contribution is 2.23. The average Bonchev–Trinajstić information content (AvgIpc) is 3.12. The fourth-order valence-electron chi connectivity index (χ4n) is 2.70. The van der Waals surface area contributed by atoms with E-state index in [2.05, 4.69) is 16.2 Å². The normalized spacial score (nSPS) is 14.1. The first-order valence-corrected chi connectivity index (χ1v) is 8.44. The predicted octanol–water partition coefficient (Wildman–Crippen LogP) is 2.90. The zero-order valence-corrected chi connectivity index (χ0v) is 14.7. The molecule has 3 N–H and O–H groups in total. The Morgan fingerprint density at radius 3 is 2.81 bits per heavy atom. The minimum absolute atomic E-state index is 0.282. The third kappa shape index (κ3) is 4.46. The van der Waals surface area contributed by atoms with Gasteiger partial charge in [-0.05, 0) is 42.8 Å². The summed E-state index contributed by atoms with van der Waals surface area (Å²) in [7, 11) is 0. The largest absolute Gasteiger partial charge is 0.447 e. The van der Waals surface area contributed by atoms with Gasteiger partial charge in [-0.2, -0.15) is 5.26 Å². The number of hydrazine groups is 1. The van der Waals surface area contributed by atoms with Gasteiger partial charge >= 0.3 is 12.1 Å². The van der Waals surface area contributed by atoms with Crippen molar-refractivity contribution in [2.24, 2.45) is 0 Å². The van der Waals surface area contributed by atoms with E-state index in [9.17, 15) is 9.59 Å². The van der Waals surface area contributed by atoms with Crippen molar-refractivity contribution in [2.75, 3.05) is 23.5 Å². The molecule has 8 nitrogen and oxygen atoms in total. The van der Waals surface area contributed by atoms with Gasteiger partial charge in [0.2, 0.25) is 0 Å². The number of benzene rings is 2. The molecule has 2 aromatic rings. The number of carbonyl (C=O) groups excluding carboxylic acids is 2. The molecule has 27 heavy (non-hydrogen) atoms. The van der Waals surface area contributed by atoms with E-state index < -0.39 is 6.03 Å². The highest BCUT2D eigenvalue weighted by Gasteiger charge is 2.24. The summed E-state index contributed by atoms with van der Waals surface area (Å²) in [6.07, 6.45) is -0.366. The number of cyclic esters (lactones) is 1. The molecule has 0 radical (unpaired) electrons. The molecule has 0 spiro atoms. The van der Waals surface area contributed by atoms with Gasteiger partial charge in [0, 0.05) is 5.69 Å². The molecule has 0 saturated carbocycles. The molecule has 0 unspecified atom stereocenters. The van der Waals surface area contributed by atoms with E-state index in [0.717, 1.165) is 11.3 Å². The van der Waals surface area contributed by atoms with Crippen molar-refractivity contribution in [3.8, 4) is 6.07 Å². The number of hydrogen-bond donors (Lipinski definition) is 3. The van der Waals surface area contributed by atoms with Crippen molar-refractivity contribution in [3.05, 3.63) is 59.7 Å². The summed E-state index contributed by atoms with van der Waals surface area (Å²) < 4.78 is 4.95. The van der Waals surface area contributed by atoms with Crippen LogP contribution in [-0.2, 0) is 4.74 Å². The van der Waals surface area contributed by atoms with Crippen molar-refractivity contribution in [2.45, 2.75) is 13.0 Å². The van der Waals surface area contributed by atoms with Gasteiger partial charge < -0.3 is 10.1 Å². The molecule has 8 heteroatoms. The number of amides is 3. The Labute approximate surface area is 156 Å². The number of anilines is 2. The molecule has 1 aliphatic heterocycles. The maximum atomic E-state index is 12.1. The molecule has 0 bridgehead atoms. The summed E-state index contributed by atoms with van der Waals surface area (Å²) in [4.78, 5) is 25.4. The molecule has 2 aromatic carbocycles. The molecule has 1 atom stereocenters. The highest BCUT2D eigenvalue weighted by molar-refractivity contribution is 5.89. The Balaban J connectivity index is 1.58. The van der Waals surface area contributed by atoms with Crippen LogP contribution in [0.1, 0.15) is 24.1 Å². The summed E-state index contributed by atoms with van der Waals surface area (Å²) in [6.45, 7) is 2.73. The van der Waals surface area contributed by atoms with Crippen molar-refractivity contribution in [1.29, 1.82) is 5.26 Å². The van der Waals surface area contributed by atoms with Gasteiger partial charge in [0.15, 0.2) is 0 Å². The molecule has 138 valence electrons. The van der Waals surface area contributed by atoms with E-state index in [0.29, 0.717) is 24.4 Å². The number of rotatable bonds is 5. The van der Waals surface area contributed by atoms with Gasteiger partial charge in [0.1, 0.15) is 6.61 Å². The Morgan fingerprint density at radius 1 is 1.26 bits per heavy atom. The standard InChI is InChI=1S/C19H19N5O3/c1-13(15-5-3-7-17(11-15)24-8-9-27-19(24)26)21-18(25)23-22-16-6-2-4-14(10-16)12-20/h2-7,10-11,13,22H,8-9H2,1H3,(H2,21,23,25)/t13-/m0/s1. The molecule has 3 amide bonds. The first-order chi connectivity index (χ1) is 13.1. The Bertz CT molecular complexity index is 893. The van der Waals surface area contributed by atoms with Gasteiger partial charge in [0.05, 0.1) is 29.9 Å². The Kier molecular flexibility index (Phi) is 5.42. The molecule has 1 fully saturated rings. The third-order valence-corrected chi connectivity index (χ3v) is 4.10. The maximum absolute atomic E-state index is 12.1. The topological polar surface area (TPSA) is 106 Å². The van der Waals surface area contributed by atoms with E-state index in [1.807, 2.05) is 37.3 Å². The van der Waals surface area contributed by atoms with Crippen LogP contribution in [0.3, 0.4) is 0 Å². The molecular weight excluding hydrogens is 346 g/mol. The van der Waals surface area contributed by atoms with E-state index in [1.54, 1.807) is 29.2 Å². The fraction of sp³-hybridized carbons (Fsp3) is 0.211. The van der Waals surface area contributed by atoms with Crippen molar-refractivity contribution in [3.63, 3.8) is 0 Å². The van der Waals surface area contributed by atoms with Crippen LogP contribution in [0.25, 0.3) is 0 Å². The summed E-state index contributed by atoms with van der Waals surface area (Å²) in [6, 6.07) is 15.5. The number of nitrogens with zero attached hydrogens (tertiary/aromatic N) is 2. The van der Waals surface area contributed by atoms with Gasteiger partial charge in [-0.15, -0.1) is 0 Å². The average molecular weight is 365 g/mol. The first-order valence-electron chi connectivity index (χ1n) is 8.44. The third-order valence-electron chi connectivity index (χ3n) is 4.10. The number of nitrogens with one attached hydrogen (secondary N) is 3. The monoisotopic (exact) mass is 365 g/mol. The molecule has 1 saturated heterocycles. The van der Waals surface area contributed by atoms with Crippen molar-refractivity contribution in [1.82, 2.24) is 10.7 Å². The van der Waals surface area contributed by atoms with Crippen LogP contribution in [0.4, 0.5) is 21.0 Å². The lowest BCUT2D eigenvalue weighted by Crippen LogP contribution is -2.40. The van der Waals surface area contributed by atoms with Gasteiger partial charge in [-0.1, -0.05) is 18.2 Å². The summed E-state index contributed by atoms with van der Waals surface area (Å²) >= 11 is 0. The summed E-state index contributed by atoms with van der Waals surface area (Å²) in [5.74, 6) is 0. The SMILES string of the molecule is C[C@H](NC(=O)NNc1cccc(C#N)c1)c1cccc(N2CCOC2=O)c1. The minimum Gasteiger partial charge on any atom is -0.447 e. The number of ether oxygens (including phenoxy) is 1. The highest BCUT2D eigenvalue weighted by atomic mass is 16.6. The minimum atomic E-state index is -0.421. The molecule has 0 aliphatic carbocycles. The summed E-state index contributed by atoms with van der Waals surface area (Å²) in [5, 5.41) is 11.7. The van der Waals surface area contributed by atoms with Crippen LogP contribution in [-0.4, -0.2) is 25.3 Å². The molecular formula is C19H19N5O3. The second kappa shape index (κ2) is 8.10. The zero-order chi connectivity index (χ0) is 19.2. The number of carbonyl (C=O) groups is 2. The van der Waals surface area contributed by atoms with Crippen molar-refractivity contribution < 1.29 is 14.3 Å². The van der Waals surface area contributed by atoms with Crippen LogP contribution in [0.2, 0.25) is 0 Å². The number of urea groups is 1. The summed E-state index contributed by atoms with van der Waals surface area (Å²) in [5.41, 5.74) is 7.97. The smallest absolute Gasteiger partial charge is 0.414 e. The lowest BCUT2D eigenvalue weighted by Gasteiger charge is -2.18. The van der Waals surface area contributed by atoms with Crippen LogP contribution < -0.4 is 21.1 Å². The van der Waals surface area contributed by atoms with Gasteiger partial charge in [-0.3, -0.25) is 15.8 Å². The molecule has 0 aromatic heterocycles. The van der Waals surface area contributed by atoms with E-state index in [-0.39, 0.29) is 12.1 Å². The Hall–Kier alpha value is -3.73.